The van der Waals surface area contributed by atoms with Crippen molar-refractivity contribution < 1.29 is 13.2 Å². The molecule has 1 fully saturated rings. The lowest BCUT2D eigenvalue weighted by Crippen LogP contribution is -2.36. The Hall–Kier alpha value is -1.07. The third kappa shape index (κ3) is 4.80. The highest BCUT2D eigenvalue weighted by Crippen LogP contribution is 2.22. The van der Waals surface area contributed by atoms with E-state index in [0.29, 0.717) is 0 Å². The van der Waals surface area contributed by atoms with E-state index in [4.69, 9.17) is 0 Å². The Labute approximate surface area is 118 Å². The molecule has 0 radical (unpaired) electrons. The fourth-order valence-corrected chi connectivity index (χ4v) is 2.64. The molecule has 20 heavy (non-hydrogen) atoms. The maximum atomic E-state index is 12.2. The minimum absolute atomic E-state index is 0.0906. The van der Waals surface area contributed by atoms with E-state index in [0.717, 1.165) is 26.1 Å². The summed E-state index contributed by atoms with van der Waals surface area (Å²) in [6.45, 7) is 2.77. The number of halogens is 3. The Balaban J connectivity index is 1.77. The SMILES string of the molecule is CN(CCC(F)(F)F)[C@H]1CCN(Cc2ccccc2)C1. The minimum Gasteiger partial charge on any atom is -0.302 e. The van der Waals surface area contributed by atoms with Crippen LogP contribution in [0.4, 0.5) is 13.2 Å². The zero-order valence-electron chi connectivity index (χ0n) is 11.7. The standard InChI is InChI=1S/C15H21F3N2/c1-19(10-8-15(16,17)18)14-7-9-20(12-14)11-13-5-3-2-4-6-13/h2-6,14H,7-12H2,1H3/t14-/m0/s1. The van der Waals surface area contributed by atoms with E-state index in [1.807, 2.05) is 23.1 Å². The number of alkyl halides is 3. The predicted octanol–water partition coefficient (Wildman–Crippen LogP) is 3.15. The molecule has 5 heteroatoms. The monoisotopic (exact) mass is 286 g/mol. The molecule has 0 aliphatic carbocycles. The number of benzene rings is 1. The summed E-state index contributed by atoms with van der Waals surface area (Å²) >= 11 is 0. The molecule has 1 saturated heterocycles. The highest BCUT2D eigenvalue weighted by atomic mass is 19.4. The molecule has 0 amide bonds. The van der Waals surface area contributed by atoms with Crippen LogP contribution in [0.15, 0.2) is 30.3 Å². The lowest BCUT2D eigenvalue weighted by Gasteiger charge is -2.25. The molecule has 1 aromatic carbocycles. The second-order valence-corrected chi connectivity index (χ2v) is 5.51. The van der Waals surface area contributed by atoms with Crippen molar-refractivity contribution in [3.8, 4) is 0 Å². The first-order valence-corrected chi connectivity index (χ1v) is 6.97. The van der Waals surface area contributed by atoms with Crippen LogP contribution in [-0.2, 0) is 6.54 Å². The van der Waals surface area contributed by atoms with Gasteiger partial charge in [0.25, 0.3) is 0 Å². The van der Waals surface area contributed by atoms with E-state index in [9.17, 15) is 13.2 Å². The van der Waals surface area contributed by atoms with Crippen molar-refractivity contribution in [1.29, 1.82) is 0 Å². The third-order valence-electron chi connectivity index (χ3n) is 3.87. The summed E-state index contributed by atoms with van der Waals surface area (Å²) in [7, 11) is 1.79. The molecule has 2 rings (SSSR count). The van der Waals surface area contributed by atoms with Crippen molar-refractivity contribution in [1.82, 2.24) is 9.80 Å². The number of hydrogen-bond acceptors (Lipinski definition) is 2. The summed E-state index contributed by atoms with van der Waals surface area (Å²) in [6, 6.07) is 10.4. The smallest absolute Gasteiger partial charge is 0.302 e. The molecule has 0 spiro atoms. The van der Waals surface area contributed by atoms with Gasteiger partial charge in [0, 0.05) is 32.2 Å². The number of hydrogen-bond donors (Lipinski definition) is 0. The van der Waals surface area contributed by atoms with E-state index in [2.05, 4.69) is 17.0 Å². The van der Waals surface area contributed by atoms with E-state index in [-0.39, 0.29) is 12.6 Å². The van der Waals surface area contributed by atoms with Crippen molar-refractivity contribution in [2.75, 3.05) is 26.7 Å². The van der Waals surface area contributed by atoms with Crippen molar-refractivity contribution in [2.24, 2.45) is 0 Å². The highest BCUT2D eigenvalue weighted by Gasteiger charge is 2.30. The van der Waals surface area contributed by atoms with Gasteiger partial charge in [-0.2, -0.15) is 13.2 Å². The first-order valence-electron chi connectivity index (χ1n) is 6.97. The fourth-order valence-electron chi connectivity index (χ4n) is 2.64. The number of rotatable bonds is 5. The van der Waals surface area contributed by atoms with Gasteiger partial charge in [-0.25, -0.2) is 0 Å². The molecule has 0 N–H and O–H groups in total. The van der Waals surface area contributed by atoms with Crippen LogP contribution >= 0.6 is 0 Å². The van der Waals surface area contributed by atoms with Crippen molar-refractivity contribution >= 4 is 0 Å². The molecule has 0 unspecified atom stereocenters. The molecule has 2 nitrogen and oxygen atoms in total. The Kier molecular flexibility index (Phi) is 5.05. The summed E-state index contributed by atoms with van der Waals surface area (Å²) in [4.78, 5) is 4.16. The molecule has 1 atom stereocenters. The first kappa shape index (κ1) is 15.3. The molecule has 1 aliphatic rings. The molecular weight excluding hydrogens is 265 g/mol. The Morgan fingerprint density at radius 1 is 1.25 bits per heavy atom. The summed E-state index contributed by atoms with van der Waals surface area (Å²) in [5.41, 5.74) is 1.26. The van der Waals surface area contributed by atoms with Gasteiger partial charge in [0.1, 0.15) is 0 Å². The van der Waals surface area contributed by atoms with Crippen LogP contribution < -0.4 is 0 Å². The summed E-state index contributed by atoms with van der Waals surface area (Å²) < 4.78 is 36.7. The summed E-state index contributed by atoms with van der Waals surface area (Å²) in [6.07, 6.45) is -3.84. The van der Waals surface area contributed by atoms with E-state index >= 15 is 0 Å². The van der Waals surface area contributed by atoms with Crippen LogP contribution in [0.1, 0.15) is 18.4 Å². The van der Waals surface area contributed by atoms with Gasteiger partial charge in [-0.05, 0) is 19.0 Å². The lowest BCUT2D eigenvalue weighted by atomic mass is 10.2. The Morgan fingerprint density at radius 2 is 1.95 bits per heavy atom. The van der Waals surface area contributed by atoms with E-state index in [1.165, 1.54) is 5.56 Å². The maximum Gasteiger partial charge on any atom is 0.390 e. The molecule has 0 saturated carbocycles. The number of likely N-dealkylation sites (N-methyl/N-ethyl adjacent to an activating group) is 1. The molecule has 112 valence electrons. The quantitative estimate of drug-likeness (QED) is 0.820. The van der Waals surface area contributed by atoms with Gasteiger partial charge in [-0.1, -0.05) is 30.3 Å². The largest absolute Gasteiger partial charge is 0.390 e. The van der Waals surface area contributed by atoms with Crippen molar-refractivity contribution in [3.63, 3.8) is 0 Å². The van der Waals surface area contributed by atoms with Gasteiger partial charge in [0.15, 0.2) is 0 Å². The summed E-state index contributed by atoms with van der Waals surface area (Å²) in [5.74, 6) is 0. The average molecular weight is 286 g/mol. The number of nitrogens with zero attached hydrogens (tertiary/aromatic N) is 2. The maximum absolute atomic E-state index is 12.2. The number of likely N-dealkylation sites (tertiary alicyclic amines) is 1. The highest BCUT2D eigenvalue weighted by molar-refractivity contribution is 5.14. The van der Waals surface area contributed by atoms with Gasteiger partial charge in [-0.15, -0.1) is 0 Å². The lowest BCUT2D eigenvalue weighted by molar-refractivity contribution is -0.138. The van der Waals surface area contributed by atoms with E-state index in [1.54, 1.807) is 7.05 Å². The van der Waals surface area contributed by atoms with E-state index < -0.39 is 12.6 Å². The normalized spacial score (nSPS) is 20.8. The van der Waals surface area contributed by atoms with Crippen molar-refractivity contribution in [2.45, 2.75) is 31.6 Å². The molecule has 0 bridgehead atoms. The van der Waals surface area contributed by atoms with Gasteiger partial charge < -0.3 is 4.90 Å². The second kappa shape index (κ2) is 6.59. The molecular formula is C15H21F3N2. The van der Waals surface area contributed by atoms with Gasteiger partial charge >= 0.3 is 6.18 Å². The van der Waals surface area contributed by atoms with Gasteiger partial charge in [0.2, 0.25) is 0 Å². The van der Waals surface area contributed by atoms with Gasteiger partial charge in [-0.3, -0.25) is 4.90 Å². The zero-order chi connectivity index (χ0) is 14.6. The predicted molar refractivity (Wildman–Crippen MR) is 73.4 cm³/mol. The molecule has 0 aromatic heterocycles. The first-order chi connectivity index (χ1) is 9.44. The summed E-state index contributed by atoms with van der Waals surface area (Å²) in [5, 5.41) is 0. The second-order valence-electron chi connectivity index (χ2n) is 5.51. The van der Waals surface area contributed by atoms with Crippen LogP contribution in [0.5, 0.6) is 0 Å². The molecule has 1 heterocycles. The third-order valence-corrected chi connectivity index (χ3v) is 3.87. The van der Waals surface area contributed by atoms with Crippen molar-refractivity contribution in [3.05, 3.63) is 35.9 Å². The van der Waals surface area contributed by atoms with Crippen LogP contribution in [0.2, 0.25) is 0 Å². The van der Waals surface area contributed by atoms with Crippen LogP contribution in [0, 0.1) is 0 Å². The Bertz CT molecular complexity index is 405. The zero-order valence-corrected chi connectivity index (χ0v) is 11.7. The van der Waals surface area contributed by atoms with Crippen LogP contribution in [0.3, 0.4) is 0 Å². The molecule has 1 aliphatic heterocycles. The average Bonchev–Trinajstić information content (AvgIpc) is 2.85. The van der Waals surface area contributed by atoms with Crippen LogP contribution in [-0.4, -0.2) is 48.7 Å². The molecule has 1 aromatic rings. The fraction of sp³-hybridized carbons (Fsp3) is 0.600. The topological polar surface area (TPSA) is 6.48 Å². The van der Waals surface area contributed by atoms with Crippen LogP contribution in [0.25, 0.3) is 0 Å². The Morgan fingerprint density at radius 3 is 2.60 bits per heavy atom. The van der Waals surface area contributed by atoms with Gasteiger partial charge in [0.05, 0.1) is 6.42 Å². The minimum atomic E-state index is -4.06.